The maximum absolute atomic E-state index is 4.28. The van der Waals surface area contributed by atoms with E-state index in [0.29, 0.717) is 12.1 Å². The van der Waals surface area contributed by atoms with Crippen LogP contribution in [-0.4, -0.2) is 35.0 Å². The highest BCUT2D eigenvalue weighted by Crippen LogP contribution is 2.22. The van der Waals surface area contributed by atoms with Gasteiger partial charge < -0.3 is 10.2 Å². The molecule has 0 radical (unpaired) electrons. The van der Waals surface area contributed by atoms with Crippen molar-refractivity contribution in [3.05, 3.63) is 42.7 Å². The lowest BCUT2D eigenvalue weighted by Gasteiger charge is -2.35. The molecule has 1 N–H and O–H groups in total. The van der Waals surface area contributed by atoms with E-state index in [1.165, 1.54) is 24.9 Å². The van der Waals surface area contributed by atoms with Crippen molar-refractivity contribution < 1.29 is 0 Å². The summed E-state index contributed by atoms with van der Waals surface area (Å²) in [4.78, 5) is 2.50. The second-order valence-corrected chi connectivity index (χ2v) is 7.43. The highest BCUT2D eigenvalue weighted by atomic mass is 15.3. The number of anilines is 1. The van der Waals surface area contributed by atoms with Gasteiger partial charge in [0.25, 0.3) is 0 Å². The molecule has 1 aliphatic rings. The van der Waals surface area contributed by atoms with E-state index in [1.807, 2.05) is 23.1 Å². The molecule has 0 unspecified atom stereocenters. The number of nitrogens with zero attached hydrogens (tertiary/aromatic N) is 3. The van der Waals surface area contributed by atoms with Gasteiger partial charge in [-0.15, -0.1) is 0 Å². The van der Waals surface area contributed by atoms with Crippen LogP contribution in [0, 0.1) is 5.92 Å². The van der Waals surface area contributed by atoms with E-state index >= 15 is 0 Å². The predicted octanol–water partition coefficient (Wildman–Crippen LogP) is 3.87. The molecule has 4 nitrogen and oxygen atoms in total. The van der Waals surface area contributed by atoms with Crippen LogP contribution in [0.25, 0.3) is 5.69 Å². The van der Waals surface area contributed by atoms with Gasteiger partial charge in [-0.1, -0.05) is 13.8 Å². The molecule has 3 rings (SSSR count). The summed E-state index contributed by atoms with van der Waals surface area (Å²) in [7, 11) is 0. The lowest BCUT2D eigenvalue weighted by molar-refractivity contribution is 0.346. The fourth-order valence-corrected chi connectivity index (χ4v) is 3.72. The number of piperidine rings is 1. The summed E-state index contributed by atoms with van der Waals surface area (Å²) in [6.45, 7) is 9.18. The maximum Gasteiger partial charge on any atom is 0.0647 e. The topological polar surface area (TPSA) is 33.1 Å². The van der Waals surface area contributed by atoms with Crippen LogP contribution in [-0.2, 0) is 0 Å². The zero-order chi connectivity index (χ0) is 16.9. The van der Waals surface area contributed by atoms with Crippen LogP contribution in [0.2, 0.25) is 0 Å². The molecular weight excluding hydrogens is 296 g/mol. The Balaban J connectivity index is 1.51. The fraction of sp³-hybridized carbons (Fsp3) is 0.550. The smallest absolute Gasteiger partial charge is 0.0647 e. The van der Waals surface area contributed by atoms with Gasteiger partial charge in [0.1, 0.15) is 0 Å². The molecule has 0 bridgehead atoms. The second kappa shape index (κ2) is 7.84. The van der Waals surface area contributed by atoms with Crippen molar-refractivity contribution in [1.29, 1.82) is 0 Å². The van der Waals surface area contributed by atoms with Gasteiger partial charge >= 0.3 is 0 Å². The van der Waals surface area contributed by atoms with Crippen LogP contribution in [0.3, 0.4) is 0 Å². The first kappa shape index (κ1) is 17.0. The first-order valence-corrected chi connectivity index (χ1v) is 9.23. The lowest BCUT2D eigenvalue weighted by atomic mass is 10.00. The minimum atomic E-state index is 0.620. The van der Waals surface area contributed by atoms with Gasteiger partial charge in [0, 0.05) is 43.3 Å². The van der Waals surface area contributed by atoms with E-state index in [9.17, 15) is 0 Å². The Hall–Kier alpha value is -1.81. The molecule has 24 heavy (non-hydrogen) atoms. The summed E-state index contributed by atoms with van der Waals surface area (Å²) in [6, 6.07) is 12.0. The van der Waals surface area contributed by atoms with E-state index in [4.69, 9.17) is 0 Å². The van der Waals surface area contributed by atoms with Crippen molar-refractivity contribution in [2.45, 2.75) is 52.1 Å². The Kier molecular flexibility index (Phi) is 5.56. The van der Waals surface area contributed by atoms with Gasteiger partial charge in [0.2, 0.25) is 0 Å². The van der Waals surface area contributed by atoms with Crippen LogP contribution in [0.5, 0.6) is 0 Å². The first-order chi connectivity index (χ1) is 11.6. The zero-order valence-electron chi connectivity index (χ0n) is 15.2. The fourth-order valence-electron chi connectivity index (χ4n) is 3.72. The van der Waals surface area contributed by atoms with Gasteiger partial charge in [-0.25, -0.2) is 4.68 Å². The molecule has 2 heterocycles. The van der Waals surface area contributed by atoms with Crippen LogP contribution in [0.15, 0.2) is 42.7 Å². The van der Waals surface area contributed by atoms with Crippen LogP contribution >= 0.6 is 0 Å². The van der Waals surface area contributed by atoms with E-state index < -0.39 is 0 Å². The molecule has 4 heteroatoms. The highest BCUT2D eigenvalue weighted by molar-refractivity contribution is 5.51. The van der Waals surface area contributed by atoms with Gasteiger partial charge in [-0.05, 0) is 62.4 Å². The monoisotopic (exact) mass is 326 g/mol. The Morgan fingerprint density at radius 3 is 2.33 bits per heavy atom. The standard InChI is InChI=1S/C20H30N4/c1-16(2)15-17(3)22-18-9-13-23(14-10-18)19-5-7-20(8-6-19)24-12-4-11-21-24/h4-8,11-12,16-18,22H,9-10,13-15H2,1-3H3/t17-/m1/s1. The van der Waals surface area contributed by atoms with Gasteiger partial charge in [-0.2, -0.15) is 5.10 Å². The summed E-state index contributed by atoms with van der Waals surface area (Å²) in [5, 5.41) is 8.09. The second-order valence-electron chi connectivity index (χ2n) is 7.43. The maximum atomic E-state index is 4.28. The third kappa shape index (κ3) is 4.38. The predicted molar refractivity (Wildman–Crippen MR) is 101 cm³/mol. The van der Waals surface area contributed by atoms with Gasteiger partial charge in [0.05, 0.1) is 5.69 Å². The Morgan fingerprint density at radius 1 is 1.08 bits per heavy atom. The largest absolute Gasteiger partial charge is 0.371 e. The molecule has 0 aliphatic carbocycles. The van der Waals surface area contributed by atoms with Crippen LogP contribution in [0.4, 0.5) is 5.69 Å². The summed E-state index contributed by atoms with van der Waals surface area (Å²) in [5.74, 6) is 0.765. The van der Waals surface area contributed by atoms with Crippen molar-refractivity contribution >= 4 is 5.69 Å². The highest BCUT2D eigenvalue weighted by Gasteiger charge is 2.20. The number of rotatable bonds is 6. The molecule has 1 saturated heterocycles. The van der Waals surface area contributed by atoms with Crippen LogP contribution in [0.1, 0.15) is 40.0 Å². The Morgan fingerprint density at radius 2 is 1.75 bits per heavy atom. The molecule has 2 aromatic rings. The van der Waals surface area contributed by atoms with Crippen molar-refractivity contribution in [1.82, 2.24) is 15.1 Å². The van der Waals surface area contributed by atoms with E-state index in [0.717, 1.165) is 24.7 Å². The molecule has 1 aromatic carbocycles. The third-order valence-electron chi connectivity index (χ3n) is 4.82. The minimum absolute atomic E-state index is 0.620. The quantitative estimate of drug-likeness (QED) is 0.875. The normalized spacial score (nSPS) is 17.4. The molecule has 0 amide bonds. The number of hydrogen-bond donors (Lipinski definition) is 1. The average Bonchev–Trinajstić information content (AvgIpc) is 3.09. The SMILES string of the molecule is CC(C)C[C@@H](C)NC1CCN(c2ccc(-n3cccn3)cc2)CC1. The van der Waals surface area contributed by atoms with Crippen molar-refractivity contribution in [2.24, 2.45) is 5.92 Å². The molecular formula is C20H30N4. The summed E-state index contributed by atoms with van der Waals surface area (Å²) < 4.78 is 1.90. The van der Waals surface area contributed by atoms with Crippen molar-refractivity contribution in [3.63, 3.8) is 0 Å². The van der Waals surface area contributed by atoms with Gasteiger partial charge in [-0.3, -0.25) is 0 Å². The summed E-state index contributed by atoms with van der Waals surface area (Å²) in [6.07, 6.45) is 7.50. The van der Waals surface area contributed by atoms with Gasteiger partial charge in [0.15, 0.2) is 0 Å². The van der Waals surface area contributed by atoms with Crippen LogP contribution < -0.4 is 10.2 Å². The molecule has 1 atom stereocenters. The third-order valence-corrected chi connectivity index (χ3v) is 4.82. The first-order valence-electron chi connectivity index (χ1n) is 9.23. The van der Waals surface area contributed by atoms with E-state index in [-0.39, 0.29) is 0 Å². The Bertz CT molecular complexity index is 595. The lowest BCUT2D eigenvalue weighted by Crippen LogP contribution is -2.45. The minimum Gasteiger partial charge on any atom is -0.371 e. The molecule has 1 fully saturated rings. The molecule has 0 saturated carbocycles. The van der Waals surface area contributed by atoms with E-state index in [1.54, 1.807) is 0 Å². The molecule has 1 aliphatic heterocycles. The number of aromatic nitrogens is 2. The molecule has 1 aromatic heterocycles. The van der Waals surface area contributed by atoms with Crippen molar-refractivity contribution in [3.8, 4) is 5.69 Å². The molecule has 130 valence electrons. The summed E-state index contributed by atoms with van der Waals surface area (Å²) >= 11 is 0. The average molecular weight is 326 g/mol. The molecule has 0 spiro atoms. The number of hydrogen-bond acceptors (Lipinski definition) is 3. The number of benzene rings is 1. The zero-order valence-corrected chi connectivity index (χ0v) is 15.2. The van der Waals surface area contributed by atoms with Crippen molar-refractivity contribution in [2.75, 3.05) is 18.0 Å². The van der Waals surface area contributed by atoms with E-state index in [2.05, 4.69) is 60.4 Å². The summed E-state index contributed by atoms with van der Waals surface area (Å²) in [5.41, 5.74) is 2.43. The number of nitrogens with one attached hydrogen (secondary N) is 1. The Labute approximate surface area is 145 Å².